The van der Waals surface area contributed by atoms with Crippen LogP contribution in [0.25, 0.3) is 11.2 Å². The fraction of sp³-hybridized carbons (Fsp3) is 0.545. The van der Waals surface area contributed by atoms with E-state index in [0.717, 1.165) is 13.0 Å². The first-order valence-corrected chi connectivity index (χ1v) is 5.79. The Kier molecular flexibility index (Phi) is 4.25. The van der Waals surface area contributed by atoms with Crippen molar-refractivity contribution in [3.05, 3.63) is 27.2 Å². The molecule has 0 bridgehead atoms. The van der Waals surface area contributed by atoms with Crippen LogP contribution in [-0.4, -0.2) is 19.1 Å². The van der Waals surface area contributed by atoms with E-state index in [2.05, 4.69) is 9.97 Å². The molecule has 1 N–H and O–H groups in total. The summed E-state index contributed by atoms with van der Waals surface area (Å²) in [6.45, 7) is 6.74. The van der Waals surface area contributed by atoms with Crippen LogP contribution in [0.2, 0.25) is 0 Å². The fourth-order valence-electron chi connectivity index (χ4n) is 1.60. The number of nitrogens with one attached hydrogen (secondary N) is 1. The average molecular weight is 238 g/mol. The van der Waals surface area contributed by atoms with Crippen molar-refractivity contribution in [2.75, 3.05) is 0 Å². The van der Waals surface area contributed by atoms with Crippen molar-refractivity contribution in [3.8, 4) is 0 Å². The number of rotatable bonds is 2. The Bertz CT molecular complexity index is 606. The van der Waals surface area contributed by atoms with Crippen LogP contribution in [0.5, 0.6) is 0 Å². The molecule has 2 aromatic rings. The predicted molar refractivity (Wildman–Crippen MR) is 67.2 cm³/mol. The van der Waals surface area contributed by atoms with Gasteiger partial charge in [-0.05, 0) is 6.42 Å². The lowest BCUT2D eigenvalue weighted by Crippen LogP contribution is -2.29. The third kappa shape index (κ3) is 2.30. The number of aryl methyl sites for hydroxylation is 2. The molecule has 0 aromatic carbocycles. The quantitative estimate of drug-likeness (QED) is 0.843. The van der Waals surface area contributed by atoms with E-state index in [1.54, 1.807) is 17.9 Å². The summed E-state index contributed by atoms with van der Waals surface area (Å²) in [5.74, 6) is 0. The highest BCUT2D eigenvalue weighted by atomic mass is 16.2. The molecule has 0 spiro atoms. The van der Waals surface area contributed by atoms with E-state index in [4.69, 9.17) is 0 Å². The second-order valence-corrected chi connectivity index (χ2v) is 3.43. The molecular formula is C11H18N4O2. The van der Waals surface area contributed by atoms with Crippen LogP contribution in [-0.2, 0) is 13.6 Å². The molecule has 0 aliphatic heterocycles. The minimum absolute atomic E-state index is 0.376. The molecule has 17 heavy (non-hydrogen) atoms. The number of aromatic amines is 1. The molecule has 6 heteroatoms. The lowest BCUT2D eigenvalue weighted by atomic mass is 10.4. The summed E-state index contributed by atoms with van der Waals surface area (Å²) >= 11 is 0. The van der Waals surface area contributed by atoms with Crippen LogP contribution < -0.4 is 11.2 Å². The molecule has 0 atom stereocenters. The third-order valence-corrected chi connectivity index (χ3v) is 2.34. The van der Waals surface area contributed by atoms with Crippen LogP contribution in [0.1, 0.15) is 27.2 Å². The molecule has 0 aliphatic carbocycles. The van der Waals surface area contributed by atoms with Gasteiger partial charge in [0.2, 0.25) is 0 Å². The van der Waals surface area contributed by atoms with Crippen molar-refractivity contribution in [3.63, 3.8) is 0 Å². The van der Waals surface area contributed by atoms with E-state index in [-0.39, 0.29) is 5.56 Å². The van der Waals surface area contributed by atoms with Gasteiger partial charge in [0.05, 0.1) is 6.33 Å². The summed E-state index contributed by atoms with van der Waals surface area (Å²) in [7, 11) is 1.59. The van der Waals surface area contributed by atoms with Crippen molar-refractivity contribution in [1.82, 2.24) is 19.1 Å². The summed E-state index contributed by atoms with van der Waals surface area (Å²) in [6, 6.07) is 0. The van der Waals surface area contributed by atoms with Gasteiger partial charge in [0.15, 0.2) is 11.2 Å². The zero-order chi connectivity index (χ0) is 13.0. The van der Waals surface area contributed by atoms with Gasteiger partial charge in [-0.15, -0.1) is 0 Å². The highest BCUT2D eigenvalue weighted by Crippen LogP contribution is 2.04. The van der Waals surface area contributed by atoms with Gasteiger partial charge in [-0.1, -0.05) is 20.8 Å². The number of aromatic nitrogens is 4. The van der Waals surface area contributed by atoms with Crippen LogP contribution in [0, 0.1) is 0 Å². The van der Waals surface area contributed by atoms with Gasteiger partial charge in [-0.3, -0.25) is 14.3 Å². The van der Waals surface area contributed by atoms with Crippen LogP contribution in [0.4, 0.5) is 0 Å². The number of hydrogen-bond donors (Lipinski definition) is 1. The van der Waals surface area contributed by atoms with Crippen molar-refractivity contribution in [2.45, 2.75) is 33.7 Å². The van der Waals surface area contributed by atoms with Gasteiger partial charge in [0.1, 0.15) is 0 Å². The smallest absolute Gasteiger partial charge is 0.325 e. The molecule has 0 fully saturated rings. The molecule has 2 heterocycles. The first kappa shape index (κ1) is 13.2. The van der Waals surface area contributed by atoms with Crippen LogP contribution in [0.3, 0.4) is 0 Å². The molecule has 0 saturated carbocycles. The van der Waals surface area contributed by atoms with Crippen LogP contribution >= 0.6 is 0 Å². The topological polar surface area (TPSA) is 72.7 Å². The van der Waals surface area contributed by atoms with Crippen molar-refractivity contribution >= 4 is 11.2 Å². The number of H-pyrrole nitrogens is 1. The molecule has 0 unspecified atom stereocenters. The lowest BCUT2D eigenvalue weighted by molar-refractivity contribution is 0.693. The molecule has 0 radical (unpaired) electrons. The maximum Gasteiger partial charge on any atom is 0.329 e. The molecule has 2 rings (SSSR count). The predicted octanol–water partition coefficient (Wildman–Crippen LogP) is 0.859. The van der Waals surface area contributed by atoms with E-state index < -0.39 is 5.69 Å². The molecule has 0 aliphatic rings. The van der Waals surface area contributed by atoms with Gasteiger partial charge < -0.3 is 4.57 Å². The Labute approximate surface area is 98.9 Å². The van der Waals surface area contributed by atoms with Crippen molar-refractivity contribution in [2.24, 2.45) is 7.05 Å². The van der Waals surface area contributed by atoms with Gasteiger partial charge in [-0.2, -0.15) is 0 Å². The van der Waals surface area contributed by atoms with E-state index in [1.807, 2.05) is 20.8 Å². The van der Waals surface area contributed by atoms with Gasteiger partial charge >= 0.3 is 5.69 Å². The number of imidazole rings is 1. The standard InChI is InChI=1S/C9H12N4O2.C2H6/c1-3-4-13-5-10-7-6(13)8(14)11-9(15)12(7)2;1-2/h5H,3-4H2,1-2H3,(H,11,14,15);1-2H3. The monoisotopic (exact) mass is 238 g/mol. The van der Waals surface area contributed by atoms with Crippen molar-refractivity contribution in [1.29, 1.82) is 0 Å². The Morgan fingerprint density at radius 2 is 2.00 bits per heavy atom. The maximum absolute atomic E-state index is 11.6. The van der Waals surface area contributed by atoms with E-state index in [0.29, 0.717) is 11.2 Å². The average Bonchev–Trinajstić information content (AvgIpc) is 2.74. The maximum atomic E-state index is 11.6. The second-order valence-electron chi connectivity index (χ2n) is 3.43. The Morgan fingerprint density at radius 3 is 2.59 bits per heavy atom. The van der Waals surface area contributed by atoms with Gasteiger partial charge in [0.25, 0.3) is 5.56 Å². The first-order chi connectivity index (χ1) is 8.15. The molecule has 0 saturated heterocycles. The zero-order valence-corrected chi connectivity index (χ0v) is 10.6. The highest BCUT2D eigenvalue weighted by molar-refractivity contribution is 5.69. The first-order valence-electron chi connectivity index (χ1n) is 5.79. The van der Waals surface area contributed by atoms with E-state index in [9.17, 15) is 9.59 Å². The number of nitrogens with zero attached hydrogens (tertiary/aromatic N) is 3. The normalized spacial score (nSPS) is 10.1. The Hall–Kier alpha value is -1.85. The molecule has 6 nitrogen and oxygen atoms in total. The van der Waals surface area contributed by atoms with Crippen molar-refractivity contribution < 1.29 is 0 Å². The highest BCUT2D eigenvalue weighted by Gasteiger charge is 2.10. The minimum Gasteiger partial charge on any atom is -0.325 e. The van der Waals surface area contributed by atoms with E-state index >= 15 is 0 Å². The minimum atomic E-state index is -0.436. The summed E-state index contributed by atoms with van der Waals surface area (Å²) in [4.78, 5) is 29.2. The second kappa shape index (κ2) is 5.47. The summed E-state index contributed by atoms with van der Waals surface area (Å²) in [5.41, 5.74) is 0.0736. The summed E-state index contributed by atoms with van der Waals surface area (Å²) in [6.07, 6.45) is 2.50. The fourth-order valence-corrected chi connectivity index (χ4v) is 1.60. The van der Waals surface area contributed by atoms with E-state index in [1.165, 1.54) is 4.57 Å². The Morgan fingerprint density at radius 1 is 1.35 bits per heavy atom. The lowest BCUT2D eigenvalue weighted by Gasteiger charge is -2.01. The molecule has 2 aromatic heterocycles. The number of fused-ring (bicyclic) bond motifs is 1. The van der Waals surface area contributed by atoms with Crippen LogP contribution in [0.15, 0.2) is 15.9 Å². The zero-order valence-electron chi connectivity index (χ0n) is 10.6. The number of hydrogen-bond acceptors (Lipinski definition) is 3. The molecule has 0 amide bonds. The summed E-state index contributed by atoms with van der Waals surface area (Å²) < 4.78 is 3.09. The molecule has 94 valence electrons. The SMILES string of the molecule is CC.CCCn1cnc2c1c(=O)[nH]c(=O)n2C. The third-order valence-electron chi connectivity index (χ3n) is 2.34. The van der Waals surface area contributed by atoms with Gasteiger partial charge in [-0.25, -0.2) is 9.78 Å². The largest absolute Gasteiger partial charge is 0.329 e. The molecular weight excluding hydrogens is 220 g/mol. The summed E-state index contributed by atoms with van der Waals surface area (Å²) in [5, 5.41) is 0. The Balaban J connectivity index is 0.000000686. The van der Waals surface area contributed by atoms with Gasteiger partial charge in [0, 0.05) is 13.6 Å².